The standard InChI is InChI=1S/C14H24N2O3/c1-17-10-11-18-12-19-14-5-3-2-4-13(14)16-8-6-15-7-9-16/h4-5,15H,2-3,6-12H2,1H3. The first kappa shape index (κ1) is 14.4. The Morgan fingerprint density at radius 2 is 1.95 bits per heavy atom. The minimum atomic E-state index is 0.290. The van der Waals surface area contributed by atoms with Crippen molar-refractivity contribution in [2.75, 3.05) is 53.3 Å². The molecule has 108 valence electrons. The van der Waals surface area contributed by atoms with Crippen LogP contribution in [0.3, 0.4) is 0 Å². The first-order valence-electron chi connectivity index (χ1n) is 6.97. The van der Waals surface area contributed by atoms with Crippen LogP contribution in [0.2, 0.25) is 0 Å². The van der Waals surface area contributed by atoms with Crippen LogP contribution in [0.4, 0.5) is 0 Å². The molecule has 0 bridgehead atoms. The van der Waals surface area contributed by atoms with Gasteiger partial charge in [0.25, 0.3) is 0 Å². The van der Waals surface area contributed by atoms with Crippen LogP contribution < -0.4 is 5.32 Å². The van der Waals surface area contributed by atoms with Crippen LogP contribution in [0, 0.1) is 0 Å². The predicted octanol–water partition coefficient (Wildman–Crippen LogP) is 1.09. The summed E-state index contributed by atoms with van der Waals surface area (Å²) in [6.07, 6.45) is 6.58. The molecule has 1 saturated heterocycles. The van der Waals surface area contributed by atoms with Crippen molar-refractivity contribution in [3.8, 4) is 0 Å². The van der Waals surface area contributed by atoms with Gasteiger partial charge in [0.1, 0.15) is 5.76 Å². The second-order valence-corrected chi connectivity index (χ2v) is 4.64. The third kappa shape index (κ3) is 4.53. The molecule has 0 aromatic carbocycles. The molecule has 2 rings (SSSR count). The minimum Gasteiger partial charge on any atom is -0.466 e. The lowest BCUT2D eigenvalue weighted by Crippen LogP contribution is -2.43. The Kier molecular flexibility index (Phi) is 6.20. The van der Waals surface area contributed by atoms with Crippen molar-refractivity contribution in [3.63, 3.8) is 0 Å². The van der Waals surface area contributed by atoms with Crippen LogP contribution in [0.15, 0.2) is 23.6 Å². The van der Waals surface area contributed by atoms with Crippen molar-refractivity contribution in [1.82, 2.24) is 10.2 Å². The van der Waals surface area contributed by atoms with E-state index in [1.165, 1.54) is 5.70 Å². The largest absolute Gasteiger partial charge is 0.466 e. The lowest BCUT2D eigenvalue weighted by Gasteiger charge is -2.33. The van der Waals surface area contributed by atoms with Gasteiger partial charge in [0.2, 0.25) is 0 Å². The highest BCUT2D eigenvalue weighted by Crippen LogP contribution is 2.23. The smallest absolute Gasteiger partial charge is 0.189 e. The lowest BCUT2D eigenvalue weighted by atomic mass is 10.1. The summed E-state index contributed by atoms with van der Waals surface area (Å²) >= 11 is 0. The summed E-state index contributed by atoms with van der Waals surface area (Å²) in [7, 11) is 1.67. The number of nitrogens with zero attached hydrogens (tertiary/aromatic N) is 1. The van der Waals surface area contributed by atoms with Gasteiger partial charge in [-0.15, -0.1) is 0 Å². The van der Waals surface area contributed by atoms with E-state index < -0.39 is 0 Å². The molecule has 0 aromatic rings. The van der Waals surface area contributed by atoms with Crippen LogP contribution in [0.5, 0.6) is 0 Å². The first-order chi connectivity index (χ1) is 9.42. The number of ether oxygens (including phenoxy) is 3. The first-order valence-corrected chi connectivity index (χ1v) is 6.97. The number of rotatable bonds is 7. The van der Waals surface area contributed by atoms with Gasteiger partial charge in [-0.2, -0.15) is 0 Å². The molecule has 0 spiro atoms. The maximum absolute atomic E-state index is 5.75. The van der Waals surface area contributed by atoms with Crippen molar-refractivity contribution in [2.24, 2.45) is 0 Å². The Hall–Kier alpha value is -1.04. The van der Waals surface area contributed by atoms with Crippen molar-refractivity contribution in [2.45, 2.75) is 12.8 Å². The molecule has 0 atom stereocenters. The van der Waals surface area contributed by atoms with Crippen molar-refractivity contribution in [1.29, 1.82) is 0 Å². The summed E-state index contributed by atoms with van der Waals surface area (Å²) < 4.78 is 16.0. The van der Waals surface area contributed by atoms with E-state index in [1.54, 1.807) is 7.11 Å². The molecule has 5 heteroatoms. The Balaban J connectivity index is 1.80. The maximum atomic E-state index is 5.75. The second kappa shape index (κ2) is 8.19. The van der Waals surface area contributed by atoms with Crippen LogP contribution in [-0.4, -0.2) is 58.2 Å². The molecule has 1 fully saturated rings. The monoisotopic (exact) mass is 268 g/mol. The summed E-state index contributed by atoms with van der Waals surface area (Å²) in [4.78, 5) is 2.39. The highest BCUT2D eigenvalue weighted by Gasteiger charge is 2.19. The molecule has 0 aromatic heterocycles. The van der Waals surface area contributed by atoms with Gasteiger partial charge in [-0.1, -0.05) is 6.08 Å². The van der Waals surface area contributed by atoms with E-state index in [1.807, 2.05) is 0 Å². The Labute approximate surface area is 115 Å². The number of hydrogen-bond acceptors (Lipinski definition) is 5. The normalized spacial score (nSPS) is 19.9. The summed E-state index contributed by atoms with van der Waals surface area (Å²) in [5.74, 6) is 0.963. The highest BCUT2D eigenvalue weighted by molar-refractivity contribution is 5.28. The molecule has 1 aliphatic carbocycles. The molecule has 1 N–H and O–H groups in total. The van der Waals surface area contributed by atoms with Crippen molar-refractivity contribution < 1.29 is 14.2 Å². The Bertz CT molecular complexity index is 323. The van der Waals surface area contributed by atoms with Crippen LogP contribution in [0.25, 0.3) is 0 Å². The average molecular weight is 268 g/mol. The molecule has 0 saturated carbocycles. The Morgan fingerprint density at radius 3 is 2.74 bits per heavy atom. The van der Waals surface area contributed by atoms with Gasteiger partial charge in [-0.25, -0.2) is 0 Å². The molecular formula is C14H24N2O3. The van der Waals surface area contributed by atoms with Crippen LogP contribution in [-0.2, 0) is 14.2 Å². The lowest BCUT2D eigenvalue weighted by molar-refractivity contribution is -0.0402. The summed E-state index contributed by atoms with van der Waals surface area (Å²) in [6, 6.07) is 0. The highest BCUT2D eigenvalue weighted by atomic mass is 16.7. The number of nitrogens with one attached hydrogen (secondary N) is 1. The SMILES string of the molecule is COCCOCOC1=CCCC=C1N1CCNCC1. The molecular weight excluding hydrogens is 244 g/mol. The van der Waals surface area contributed by atoms with E-state index in [9.17, 15) is 0 Å². The number of methoxy groups -OCH3 is 1. The van der Waals surface area contributed by atoms with E-state index >= 15 is 0 Å². The van der Waals surface area contributed by atoms with Crippen molar-refractivity contribution >= 4 is 0 Å². The number of allylic oxidation sites excluding steroid dienone is 2. The summed E-state index contributed by atoms with van der Waals surface area (Å²) in [5.41, 5.74) is 1.23. The zero-order valence-corrected chi connectivity index (χ0v) is 11.7. The topological polar surface area (TPSA) is 43.0 Å². The molecule has 5 nitrogen and oxygen atoms in total. The molecule has 19 heavy (non-hydrogen) atoms. The van der Waals surface area contributed by atoms with Gasteiger partial charge in [0.15, 0.2) is 6.79 Å². The number of piperazine rings is 1. The summed E-state index contributed by atoms with van der Waals surface area (Å²) in [6.45, 7) is 5.61. The average Bonchev–Trinajstić information content (AvgIpc) is 2.48. The molecule has 1 aliphatic heterocycles. The van der Waals surface area contributed by atoms with Gasteiger partial charge in [-0.05, 0) is 18.9 Å². The van der Waals surface area contributed by atoms with E-state index in [0.717, 1.165) is 44.8 Å². The van der Waals surface area contributed by atoms with Gasteiger partial charge in [0.05, 0.1) is 18.9 Å². The molecule has 0 unspecified atom stereocenters. The molecule has 0 radical (unpaired) electrons. The van der Waals surface area contributed by atoms with Crippen LogP contribution in [0.1, 0.15) is 12.8 Å². The molecule has 2 aliphatic rings. The fourth-order valence-corrected chi connectivity index (χ4v) is 2.27. The van der Waals surface area contributed by atoms with E-state index in [4.69, 9.17) is 14.2 Å². The fourth-order valence-electron chi connectivity index (χ4n) is 2.27. The predicted molar refractivity (Wildman–Crippen MR) is 73.6 cm³/mol. The molecule has 1 heterocycles. The third-order valence-corrected chi connectivity index (χ3v) is 3.27. The zero-order chi connectivity index (χ0) is 13.3. The zero-order valence-electron chi connectivity index (χ0n) is 11.7. The molecule has 0 amide bonds. The van der Waals surface area contributed by atoms with Crippen molar-refractivity contribution in [3.05, 3.63) is 23.6 Å². The van der Waals surface area contributed by atoms with Gasteiger partial charge < -0.3 is 24.4 Å². The quantitative estimate of drug-likeness (QED) is 0.553. The Morgan fingerprint density at radius 1 is 1.16 bits per heavy atom. The van der Waals surface area contributed by atoms with E-state index in [2.05, 4.69) is 22.4 Å². The van der Waals surface area contributed by atoms with Crippen LogP contribution >= 0.6 is 0 Å². The van der Waals surface area contributed by atoms with Gasteiger partial charge in [-0.3, -0.25) is 0 Å². The maximum Gasteiger partial charge on any atom is 0.189 e. The van der Waals surface area contributed by atoms with Gasteiger partial charge in [0, 0.05) is 33.3 Å². The van der Waals surface area contributed by atoms with E-state index in [-0.39, 0.29) is 0 Å². The fraction of sp³-hybridized carbons (Fsp3) is 0.714. The second-order valence-electron chi connectivity index (χ2n) is 4.64. The van der Waals surface area contributed by atoms with Gasteiger partial charge >= 0.3 is 0 Å². The summed E-state index contributed by atoms with van der Waals surface area (Å²) in [5, 5.41) is 3.37. The number of hydrogen-bond donors (Lipinski definition) is 1. The third-order valence-electron chi connectivity index (χ3n) is 3.27. The minimum absolute atomic E-state index is 0.290. The van der Waals surface area contributed by atoms with E-state index in [0.29, 0.717) is 20.0 Å².